The Labute approximate surface area is 112 Å². The Morgan fingerprint density at radius 1 is 1.26 bits per heavy atom. The molecule has 1 heterocycles. The molecule has 1 fully saturated rings. The maximum atomic E-state index is 11.9. The summed E-state index contributed by atoms with van der Waals surface area (Å²) >= 11 is 0. The van der Waals surface area contributed by atoms with Crippen LogP contribution in [-0.4, -0.2) is 35.1 Å². The average molecular weight is 262 g/mol. The Hall–Kier alpha value is -2.04. The number of urea groups is 1. The molecule has 0 radical (unpaired) electrons. The lowest BCUT2D eigenvalue weighted by molar-refractivity contribution is -0.139. The number of aliphatic carboxylic acids is 1. The summed E-state index contributed by atoms with van der Waals surface area (Å²) in [6, 6.07) is 5.72. The van der Waals surface area contributed by atoms with Gasteiger partial charge in [0.2, 0.25) is 0 Å². The number of carboxylic acid groups (broad SMARTS) is 1. The molecule has 19 heavy (non-hydrogen) atoms. The van der Waals surface area contributed by atoms with Crippen molar-refractivity contribution in [1.82, 2.24) is 4.90 Å². The molecule has 0 aromatic heterocycles. The highest BCUT2D eigenvalue weighted by Crippen LogP contribution is 2.21. The number of amides is 2. The third-order valence-corrected chi connectivity index (χ3v) is 3.18. The van der Waals surface area contributed by atoms with Crippen LogP contribution in [0.5, 0.6) is 0 Å². The van der Waals surface area contributed by atoms with E-state index in [9.17, 15) is 9.59 Å². The molecule has 1 saturated heterocycles. The zero-order chi connectivity index (χ0) is 14.0. The summed E-state index contributed by atoms with van der Waals surface area (Å²) in [6.07, 6.45) is 0.132. The van der Waals surface area contributed by atoms with Crippen LogP contribution >= 0.6 is 0 Å². The van der Waals surface area contributed by atoms with Gasteiger partial charge in [0.1, 0.15) is 0 Å². The predicted molar refractivity (Wildman–Crippen MR) is 72.3 cm³/mol. The molecule has 5 nitrogen and oxygen atoms in total. The lowest BCUT2D eigenvalue weighted by atomic mass is 9.97. The summed E-state index contributed by atoms with van der Waals surface area (Å²) in [5, 5.41) is 11.5. The van der Waals surface area contributed by atoms with Crippen molar-refractivity contribution < 1.29 is 14.7 Å². The minimum absolute atomic E-state index is 0.0856. The van der Waals surface area contributed by atoms with Gasteiger partial charge in [-0.1, -0.05) is 6.07 Å². The van der Waals surface area contributed by atoms with Crippen LogP contribution in [0.15, 0.2) is 18.2 Å². The average Bonchev–Trinajstić information content (AvgIpc) is 2.20. The lowest BCUT2D eigenvalue weighted by Gasteiger charge is -2.38. The first-order valence-electron chi connectivity index (χ1n) is 6.30. The smallest absolute Gasteiger partial charge is 0.321 e. The van der Waals surface area contributed by atoms with E-state index >= 15 is 0 Å². The van der Waals surface area contributed by atoms with Gasteiger partial charge in [-0.05, 0) is 37.1 Å². The van der Waals surface area contributed by atoms with E-state index in [0.29, 0.717) is 13.1 Å². The van der Waals surface area contributed by atoms with E-state index in [2.05, 4.69) is 5.32 Å². The number of carbonyl (C=O) groups is 2. The molecule has 0 aliphatic carbocycles. The summed E-state index contributed by atoms with van der Waals surface area (Å²) in [7, 11) is 0. The number of aryl methyl sites for hydroxylation is 2. The van der Waals surface area contributed by atoms with Crippen LogP contribution in [0.25, 0.3) is 0 Å². The van der Waals surface area contributed by atoms with Crippen LogP contribution < -0.4 is 5.32 Å². The van der Waals surface area contributed by atoms with Crippen LogP contribution in [-0.2, 0) is 4.79 Å². The summed E-state index contributed by atoms with van der Waals surface area (Å²) in [4.78, 5) is 24.1. The van der Waals surface area contributed by atoms with E-state index < -0.39 is 5.97 Å². The molecule has 0 spiro atoms. The van der Waals surface area contributed by atoms with Crippen LogP contribution in [0.4, 0.5) is 10.5 Å². The van der Waals surface area contributed by atoms with Gasteiger partial charge in [-0.15, -0.1) is 0 Å². The fourth-order valence-electron chi connectivity index (χ4n) is 2.36. The van der Waals surface area contributed by atoms with Crippen LogP contribution in [0.2, 0.25) is 0 Å². The highest BCUT2D eigenvalue weighted by molar-refractivity contribution is 5.90. The van der Waals surface area contributed by atoms with Gasteiger partial charge in [-0.25, -0.2) is 4.79 Å². The van der Waals surface area contributed by atoms with Crippen LogP contribution in [0, 0.1) is 19.8 Å². The van der Waals surface area contributed by atoms with E-state index in [1.807, 2.05) is 32.0 Å². The standard InChI is InChI=1S/C14H18N2O3/c1-9-3-10(2)5-12(4-9)15-14(19)16-7-11(8-16)6-13(17)18/h3-5,11H,6-8H2,1-2H3,(H,15,19)(H,17,18). The molecule has 5 heteroatoms. The van der Waals surface area contributed by atoms with E-state index in [4.69, 9.17) is 5.11 Å². The van der Waals surface area contributed by atoms with Crippen molar-refractivity contribution >= 4 is 17.7 Å². The fraction of sp³-hybridized carbons (Fsp3) is 0.429. The maximum absolute atomic E-state index is 11.9. The predicted octanol–water partition coefficient (Wildman–Crippen LogP) is 2.24. The monoisotopic (exact) mass is 262 g/mol. The Morgan fingerprint density at radius 3 is 2.37 bits per heavy atom. The third kappa shape index (κ3) is 3.47. The number of carboxylic acids is 1. The topological polar surface area (TPSA) is 69.6 Å². The Bertz CT molecular complexity index is 487. The van der Waals surface area contributed by atoms with Gasteiger partial charge in [0.25, 0.3) is 0 Å². The minimum Gasteiger partial charge on any atom is -0.481 e. The first-order chi connectivity index (χ1) is 8.94. The van der Waals surface area contributed by atoms with E-state index in [0.717, 1.165) is 16.8 Å². The van der Waals surface area contributed by atoms with E-state index in [1.54, 1.807) is 4.90 Å². The summed E-state index contributed by atoms with van der Waals surface area (Å²) in [5.41, 5.74) is 2.98. The van der Waals surface area contributed by atoms with Gasteiger partial charge in [0, 0.05) is 24.7 Å². The largest absolute Gasteiger partial charge is 0.481 e. The zero-order valence-corrected chi connectivity index (χ0v) is 11.1. The van der Waals surface area contributed by atoms with Crippen molar-refractivity contribution in [2.75, 3.05) is 18.4 Å². The summed E-state index contributed by atoms with van der Waals surface area (Å²) in [6.45, 7) is 5.00. The van der Waals surface area contributed by atoms with Crippen molar-refractivity contribution in [2.45, 2.75) is 20.3 Å². The maximum Gasteiger partial charge on any atom is 0.321 e. The van der Waals surface area contributed by atoms with Crippen molar-refractivity contribution in [3.63, 3.8) is 0 Å². The highest BCUT2D eigenvalue weighted by atomic mass is 16.4. The number of nitrogens with zero attached hydrogens (tertiary/aromatic N) is 1. The number of likely N-dealkylation sites (tertiary alicyclic amines) is 1. The first kappa shape index (κ1) is 13.4. The molecule has 1 aliphatic heterocycles. The number of rotatable bonds is 3. The van der Waals surface area contributed by atoms with Gasteiger partial charge in [0.05, 0.1) is 6.42 Å². The fourth-order valence-corrected chi connectivity index (χ4v) is 2.36. The summed E-state index contributed by atoms with van der Waals surface area (Å²) < 4.78 is 0. The van der Waals surface area contributed by atoms with E-state index in [1.165, 1.54) is 0 Å². The molecule has 2 amide bonds. The van der Waals surface area contributed by atoms with Gasteiger partial charge in [0.15, 0.2) is 0 Å². The van der Waals surface area contributed by atoms with Gasteiger partial charge in [-0.2, -0.15) is 0 Å². The second-order valence-corrected chi connectivity index (χ2v) is 5.18. The normalized spacial score (nSPS) is 14.9. The SMILES string of the molecule is Cc1cc(C)cc(NC(=O)N2CC(CC(=O)O)C2)c1. The Morgan fingerprint density at radius 2 is 1.84 bits per heavy atom. The van der Waals surface area contributed by atoms with Crippen molar-refractivity contribution in [3.05, 3.63) is 29.3 Å². The molecule has 0 saturated carbocycles. The molecule has 102 valence electrons. The zero-order valence-electron chi connectivity index (χ0n) is 11.1. The number of benzene rings is 1. The molecule has 1 aromatic rings. The molecular formula is C14H18N2O3. The second-order valence-electron chi connectivity index (χ2n) is 5.18. The van der Waals surface area contributed by atoms with Gasteiger partial charge >= 0.3 is 12.0 Å². The minimum atomic E-state index is -0.806. The van der Waals surface area contributed by atoms with Crippen LogP contribution in [0.3, 0.4) is 0 Å². The van der Waals surface area contributed by atoms with Gasteiger partial charge in [-0.3, -0.25) is 4.79 Å². The molecule has 0 unspecified atom stereocenters. The molecule has 0 atom stereocenters. The quantitative estimate of drug-likeness (QED) is 0.877. The molecule has 0 bridgehead atoms. The molecule has 1 aliphatic rings. The second kappa shape index (κ2) is 5.30. The van der Waals surface area contributed by atoms with Crippen molar-refractivity contribution in [1.29, 1.82) is 0 Å². The number of anilines is 1. The molecular weight excluding hydrogens is 244 g/mol. The number of hydrogen-bond donors (Lipinski definition) is 2. The number of nitrogens with one attached hydrogen (secondary N) is 1. The number of carbonyl (C=O) groups excluding carboxylic acids is 1. The first-order valence-corrected chi connectivity index (χ1v) is 6.30. The van der Waals surface area contributed by atoms with Crippen molar-refractivity contribution in [2.24, 2.45) is 5.92 Å². The summed E-state index contributed by atoms with van der Waals surface area (Å²) in [5.74, 6) is -0.720. The molecule has 2 rings (SSSR count). The van der Waals surface area contributed by atoms with E-state index in [-0.39, 0.29) is 18.4 Å². The Balaban J connectivity index is 1.87. The molecule has 2 N–H and O–H groups in total. The molecule has 1 aromatic carbocycles. The van der Waals surface area contributed by atoms with Gasteiger partial charge < -0.3 is 15.3 Å². The number of hydrogen-bond acceptors (Lipinski definition) is 2. The third-order valence-electron chi connectivity index (χ3n) is 3.18. The highest BCUT2D eigenvalue weighted by Gasteiger charge is 2.31. The van der Waals surface area contributed by atoms with Crippen LogP contribution in [0.1, 0.15) is 17.5 Å². The lowest BCUT2D eigenvalue weighted by Crippen LogP contribution is -2.52. The van der Waals surface area contributed by atoms with Crippen molar-refractivity contribution in [3.8, 4) is 0 Å². The Kier molecular flexibility index (Phi) is 3.74.